The van der Waals surface area contributed by atoms with Crippen LogP contribution in [0.5, 0.6) is 0 Å². The number of anilines is 1. The highest BCUT2D eigenvalue weighted by Crippen LogP contribution is 2.21. The quantitative estimate of drug-likeness (QED) is 0.232. The van der Waals surface area contributed by atoms with Gasteiger partial charge in [0.05, 0.1) is 22.8 Å². The highest BCUT2D eigenvalue weighted by atomic mass is 32.2. The molecule has 3 aromatic rings. The smallest absolute Gasteiger partial charge is 0.338 e. The molecule has 0 fully saturated rings. The molecule has 186 valence electrons. The van der Waals surface area contributed by atoms with E-state index in [-0.39, 0.29) is 28.1 Å². The molecule has 0 aliphatic rings. The fraction of sp³-hybridized carbons (Fsp3) is 0.333. The monoisotopic (exact) mass is 516 g/mol. The molecule has 1 heterocycles. The van der Waals surface area contributed by atoms with Gasteiger partial charge in [0.25, 0.3) is 0 Å². The average Bonchev–Trinajstić information content (AvgIpc) is 3.16. The summed E-state index contributed by atoms with van der Waals surface area (Å²) in [6.07, 6.45) is 1.72. The van der Waals surface area contributed by atoms with Crippen molar-refractivity contribution in [3.8, 4) is 0 Å². The molecule has 0 spiro atoms. The number of ether oxygens (including phenoxy) is 1. The number of esters is 1. The van der Waals surface area contributed by atoms with E-state index >= 15 is 0 Å². The molecule has 0 aliphatic carbocycles. The number of unbranched alkanes of at least 4 members (excludes halogenated alkanes) is 1. The van der Waals surface area contributed by atoms with Crippen LogP contribution >= 0.6 is 11.8 Å². The molecule has 0 aliphatic heterocycles. The topological polar surface area (TPSA) is 120 Å². The van der Waals surface area contributed by atoms with Crippen molar-refractivity contribution in [3.05, 3.63) is 65.5 Å². The highest BCUT2D eigenvalue weighted by Gasteiger charge is 2.20. The maximum Gasteiger partial charge on any atom is 0.338 e. The van der Waals surface area contributed by atoms with Crippen molar-refractivity contribution in [1.29, 1.82) is 0 Å². The van der Waals surface area contributed by atoms with E-state index in [9.17, 15) is 18.0 Å². The van der Waals surface area contributed by atoms with E-state index in [1.165, 1.54) is 0 Å². The summed E-state index contributed by atoms with van der Waals surface area (Å²) in [5.74, 6) is -0.725. The van der Waals surface area contributed by atoms with Gasteiger partial charge in [0.2, 0.25) is 5.91 Å². The number of thioether (sulfide) groups is 1. The first-order valence-electron chi connectivity index (χ1n) is 11.1. The largest absolute Gasteiger partial charge is 0.462 e. The second-order valence-corrected chi connectivity index (χ2v) is 10.9. The molecule has 3 rings (SSSR count). The van der Waals surface area contributed by atoms with Gasteiger partial charge in [-0.3, -0.25) is 4.79 Å². The lowest BCUT2D eigenvalue weighted by atomic mass is 10.2. The summed E-state index contributed by atoms with van der Waals surface area (Å²) in [7, 11) is -1.92. The Labute approximate surface area is 209 Å². The summed E-state index contributed by atoms with van der Waals surface area (Å²) < 4.78 is 32.2. The zero-order valence-corrected chi connectivity index (χ0v) is 21.5. The van der Waals surface area contributed by atoms with Gasteiger partial charge in [-0.15, -0.1) is 10.2 Å². The van der Waals surface area contributed by atoms with Crippen LogP contribution in [0.15, 0.2) is 58.6 Å². The Hall–Kier alpha value is -3.18. The lowest BCUT2D eigenvalue weighted by Crippen LogP contribution is -2.15. The van der Waals surface area contributed by atoms with Crippen LogP contribution in [0.4, 0.5) is 5.69 Å². The predicted octanol–water partition coefficient (Wildman–Crippen LogP) is 3.79. The molecule has 0 radical (unpaired) electrons. The molecule has 0 saturated heterocycles. The van der Waals surface area contributed by atoms with Gasteiger partial charge in [0.1, 0.15) is 11.6 Å². The van der Waals surface area contributed by atoms with Gasteiger partial charge >= 0.3 is 5.97 Å². The van der Waals surface area contributed by atoms with Gasteiger partial charge in [-0.25, -0.2) is 13.2 Å². The SMILES string of the molecule is CCCCOC(=O)c1cccc(NC(=O)CSc2nnc(CS(=O)(=O)c3ccc(C)cc3)n2C)c1. The van der Waals surface area contributed by atoms with Gasteiger partial charge in [-0.2, -0.15) is 0 Å². The van der Waals surface area contributed by atoms with Crippen molar-refractivity contribution >= 4 is 39.2 Å². The van der Waals surface area contributed by atoms with E-state index in [4.69, 9.17) is 4.74 Å². The van der Waals surface area contributed by atoms with Crippen LogP contribution < -0.4 is 5.32 Å². The standard InChI is InChI=1S/C24H28N4O5S2/c1-4-5-13-33-23(30)18-7-6-8-19(14-18)25-22(29)15-34-24-27-26-21(28(24)3)16-35(31,32)20-11-9-17(2)10-12-20/h6-12,14H,4-5,13,15-16H2,1-3H3,(H,25,29). The first-order chi connectivity index (χ1) is 16.7. The Morgan fingerprint density at radius 3 is 2.57 bits per heavy atom. The maximum absolute atomic E-state index is 12.7. The van der Waals surface area contributed by atoms with Gasteiger partial charge < -0.3 is 14.6 Å². The van der Waals surface area contributed by atoms with Crippen molar-refractivity contribution in [1.82, 2.24) is 14.8 Å². The molecule has 35 heavy (non-hydrogen) atoms. The zero-order valence-electron chi connectivity index (χ0n) is 19.9. The molecule has 9 nitrogen and oxygen atoms in total. The summed E-state index contributed by atoms with van der Waals surface area (Å²) in [5.41, 5.74) is 1.81. The van der Waals surface area contributed by atoms with Crippen LogP contribution in [-0.2, 0) is 32.2 Å². The van der Waals surface area contributed by atoms with Crippen molar-refractivity contribution in [2.75, 3.05) is 17.7 Å². The van der Waals surface area contributed by atoms with E-state index in [0.717, 1.165) is 30.2 Å². The molecule has 11 heteroatoms. The first kappa shape index (κ1) is 26.4. The third kappa shape index (κ3) is 7.40. The van der Waals surface area contributed by atoms with Crippen molar-refractivity contribution in [2.24, 2.45) is 7.05 Å². The minimum Gasteiger partial charge on any atom is -0.462 e. The summed E-state index contributed by atoms with van der Waals surface area (Å²) in [6.45, 7) is 4.25. The number of aromatic nitrogens is 3. The average molecular weight is 517 g/mol. The van der Waals surface area contributed by atoms with Crippen LogP contribution in [-0.4, -0.2) is 47.4 Å². The van der Waals surface area contributed by atoms with Gasteiger partial charge in [0.15, 0.2) is 15.0 Å². The molecule has 0 saturated carbocycles. The van der Waals surface area contributed by atoms with Gasteiger partial charge in [0, 0.05) is 12.7 Å². The number of carbonyl (C=O) groups is 2. The Bertz CT molecular complexity index is 1290. The van der Waals surface area contributed by atoms with Crippen LogP contribution in [0, 0.1) is 6.92 Å². The number of benzene rings is 2. The second-order valence-electron chi connectivity index (χ2n) is 7.94. The van der Waals surface area contributed by atoms with E-state index in [1.54, 1.807) is 60.1 Å². The Morgan fingerprint density at radius 1 is 1.11 bits per heavy atom. The first-order valence-corrected chi connectivity index (χ1v) is 13.7. The molecule has 2 aromatic carbocycles. The van der Waals surface area contributed by atoms with E-state index < -0.39 is 15.8 Å². The lowest BCUT2D eigenvalue weighted by Gasteiger charge is -2.08. The van der Waals surface area contributed by atoms with Gasteiger partial charge in [-0.1, -0.05) is 48.9 Å². The summed E-state index contributed by atoms with van der Waals surface area (Å²) in [4.78, 5) is 24.8. The minimum absolute atomic E-state index is 0.0296. The lowest BCUT2D eigenvalue weighted by molar-refractivity contribution is -0.113. The number of hydrogen-bond donors (Lipinski definition) is 1. The van der Waals surface area contributed by atoms with Crippen molar-refractivity contribution in [3.63, 3.8) is 0 Å². The molecular formula is C24H28N4O5S2. The Kier molecular flexibility index (Phi) is 9.05. The molecule has 0 bridgehead atoms. The van der Waals surface area contributed by atoms with Crippen molar-refractivity contribution < 1.29 is 22.7 Å². The Balaban J connectivity index is 1.57. The minimum atomic E-state index is -3.58. The number of rotatable bonds is 11. The normalized spacial score (nSPS) is 11.3. The summed E-state index contributed by atoms with van der Waals surface area (Å²) >= 11 is 1.13. The number of hydrogen-bond acceptors (Lipinski definition) is 8. The Morgan fingerprint density at radius 2 is 1.86 bits per heavy atom. The number of aryl methyl sites for hydroxylation is 1. The van der Waals surface area contributed by atoms with Crippen LogP contribution in [0.25, 0.3) is 0 Å². The number of carbonyl (C=O) groups excluding carboxylic acids is 2. The van der Waals surface area contributed by atoms with E-state index in [2.05, 4.69) is 15.5 Å². The predicted molar refractivity (Wildman–Crippen MR) is 134 cm³/mol. The molecule has 1 aromatic heterocycles. The molecular weight excluding hydrogens is 488 g/mol. The van der Waals surface area contributed by atoms with Crippen molar-refractivity contribution in [2.45, 2.75) is 42.5 Å². The van der Waals surface area contributed by atoms with Gasteiger partial charge in [-0.05, 0) is 43.7 Å². The summed E-state index contributed by atoms with van der Waals surface area (Å²) in [6, 6.07) is 13.2. The number of amides is 1. The fourth-order valence-electron chi connectivity index (χ4n) is 3.04. The zero-order chi connectivity index (χ0) is 25.4. The highest BCUT2D eigenvalue weighted by molar-refractivity contribution is 7.99. The molecule has 1 N–H and O–H groups in total. The fourth-order valence-corrected chi connectivity index (χ4v) is 5.08. The third-order valence-corrected chi connectivity index (χ3v) is 7.72. The number of nitrogens with one attached hydrogen (secondary N) is 1. The molecule has 0 unspecified atom stereocenters. The van der Waals surface area contributed by atoms with Crippen LogP contribution in [0.1, 0.15) is 41.5 Å². The van der Waals surface area contributed by atoms with E-state index in [1.807, 2.05) is 13.8 Å². The molecule has 1 amide bonds. The number of nitrogens with zero attached hydrogens (tertiary/aromatic N) is 3. The van der Waals surface area contributed by atoms with Crippen LogP contribution in [0.3, 0.4) is 0 Å². The molecule has 0 atom stereocenters. The summed E-state index contributed by atoms with van der Waals surface area (Å²) in [5, 5.41) is 11.2. The van der Waals surface area contributed by atoms with Crippen LogP contribution in [0.2, 0.25) is 0 Å². The maximum atomic E-state index is 12.7. The number of sulfone groups is 1. The second kappa shape index (κ2) is 12.0. The van der Waals surface area contributed by atoms with E-state index in [0.29, 0.717) is 23.0 Å². The third-order valence-electron chi connectivity index (χ3n) is 5.07.